The molecule has 23 heavy (non-hydrogen) atoms. The van der Waals surface area contributed by atoms with Crippen molar-refractivity contribution in [1.29, 1.82) is 0 Å². The van der Waals surface area contributed by atoms with Gasteiger partial charge in [-0.2, -0.15) is 8.42 Å². The minimum Gasteiger partial charge on any atom is -0.338 e. The van der Waals surface area contributed by atoms with Crippen molar-refractivity contribution in [3.63, 3.8) is 0 Å². The zero-order chi connectivity index (χ0) is 17.6. The Kier molecular flexibility index (Phi) is 13.0. The van der Waals surface area contributed by atoms with Crippen LogP contribution in [0.5, 0.6) is 0 Å². The molecule has 0 amide bonds. The number of aryl methyl sites for hydroxylation is 2. The summed E-state index contributed by atoms with van der Waals surface area (Å²) in [6.07, 6.45) is 19.1. The number of unbranched alkanes of at least 4 members (excludes halogenated alkanes) is 9. The van der Waals surface area contributed by atoms with E-state index in [9.17, 15) is 0 Å². The Labute approximate surface area is 140 Å². The van der Waals surface area contributed by atoms with Crippen molar-refractivity contribution < 1.29 is 17.5 Å². The maximum absolute atomic E-state index is 8.74. The Morgan fingerprint density at radius 1 is 0.957 bits per heavy atom. The Morgan fingerprint density at radius 3 is 1.78 bits per heavy atom. The maximum atomic E-state index is 8.74. The van der Waals surface area contributed by atoms with Gasteiger partial charge in [-0.05, 0) is 6.42 Å². The van der Waals surface area contributed by atoms with Crippen LogP contribution in [0.15, 0.2) is 12.4 Å². The lowest BCUT2D eigenvalue weighted by Crippen LogP contribution is -1.96. The van der Waals surface area contributed by atoms with E-state index in [1.165, 1.54) is 70.0 Å². The van der Waals surface area contributed by atoms with Crippen molar-refractivity contribution in [3.8, 4) is 0 Å². The van der Waals surface area contributed by atoms with Gasteiger partial charge in [0.25, 0.3) is 0 Å². The van der Waals surface area contributed by atoms with E-state index in [4.69, 9.17) is 17.5 Å². The molecule has 2 N–H and O–H groups in total. The molecule has 0 fully saturated rings. The third-order valence-corrected chi connectivity index (χ3v) is 3.67. The first-order valence-electron chi connectivity index (χ1n) is 8.50. The lowest BCUT2D eigenvalue weighted by Gasteiger charge is -2.03. The van der Waals surface area contributed by atoms with E-state index in [0.717, 1.165) is 6.42 Å². The molecule has 0 aliphatic rings. The molecular weight excluding hydrogens is 316 g/mol. The molecule has 136 valence electrons. The Balaban J connectivity index is 0.000000841. The van der Waals surface area contributed by atoms with Gasteiger partial charge in [0.05, 0.1) is 0 Å². The van der Waals surface area contributed by atoms with Crippen molar-refractivity contribution >= 4 is 10.4 Å². The first kappa shape index (κ1) is 22.1. The third kappa shape index (κ3) is 17.3. The molecule has 0 aromatic carbocycles. The van der Waals surface area contributed by atoms with Crippen LogP contribution in [-0.4, -0.2) is 27.1 Å². The fourth-order valence-corrected chi connectivity index (χ4v) is 2.41. The largest absolute Gasteiger partial charge is 0.394 e. The van der Waals surface area contributed by atoms with Gasteiger partial charge < -0.3 is 4.57 Å². The highest BCUT2D eigenvalue weighted by Gasteiger charge is 1.98. The van der Waals surface area contributed by atoms with Gasteiger partial charge in [-0.1, -0.05) is 64.7 Å². The predicted octanol–water partition coefficient (Wildman–Crippen LogP) is 4.23. The van der Waals surface area contributed by atoms with Crippen LogP contribution in [0.1, 0.15) is 77.0 Å². The summed E-state index contributed by atoms with van der Waals surface area (Å²) in [5, 5.41) is 0. The molecule has 0 saturated heterocycles. The monoisotopic (exact) mass is 348 g/mol. The fourth-order valence-electron chi connectivity index (χ4n) is 2.41. The normalized spacial score (nSPS) is 11.1. The molecule has 0 bridgehead atoms. The highest BCUT2D eigenvalue weighted by Crippen LogP contribution is 2.11. The van der Waals surface area contributed by atoms with E-state index in [0.29, 0.717) is 0 Å². The van der Waals surface area contributed by atoms with Crippen LogP contribution < -0.4 is 0 Å². The lowest BCUT2D eigenvalue weighted by atomic mass is 10.1. The van der Waals surface area contributed by atoms with Gasteiger partial charge in [-0.25, -0.2) is 4.98 Å². The number of hydrogen-bond donors (Lipinski definition) is 2. The van der Waals surface area contributed by atoms with Crippen molar-refractivity contribution in [3.05, 3.63) is 18.2 Å². The second kappa shape index (κ2) is 13.5. The SMILES string of the molecule is CCCCCCCCCCCCc1nccn1C.O=S(=O)(O)O. The zero-order valence-electron chi connectivity index (χ0n) is 14.4. The summed E-state index contributed by atoms with van der Waals surface area (Å²) in [7, 11) is -2.58. The third-order valence-electron chi connectivity index (χ3n) is 3.67. The number of aromatic nitrogens is 2. The summed E-state index contributed by atoms with van der Waals surface area (Å²) in [4.78, 5) is 4.35. The average molecular weight is 349 g/mol. The topological polar surface area (TPSA) is 92.4 Å². The van der Waals surface area contributed by atoms with Crippen LogP contribution in [-0.2, 0) is 23.9 Å². The molecule has 0 atom stereocenters. The highest BCUT2D eigenvalue weighted by molar-refractivity contribution is 7.79. The Morgan fingerprint density at radius 2 is 1.39 bits per heavy atom. The zero-order valence-corrected chi connectivity index (χ0v) is 15.3. The standard InChI is InChI=1S/C16H30N2.H2O4S/c1-3-4-5-6-7-8-9-10-11-12-13-16-17-14-15-18(16)2;1-5(2,3)4/h14-15H,3-13H2,1-2H3;(H2,1,2,3,4). The van der Waals surface area contributed by atoms with Crippen molar-refractivity contribution in [1.82, 2.24) is 9.55 Å². The average Bonchev–Trinajstić information content (AvgIpc) is 2.85. The van der Waals surface area contributed by atoms with Gasteiger partial charge in [0.2, 0.25) is 0 Å². The summed E-state index contributed by atoms with van der Waals surface area (Å²) < 4.78 is 33.7. The second-order valence-electron chi connectivity index (χ2n) is 5.83. The van der Waals surface area contributed by atoms with Crippen molar-refractivity contribution in [2.24, 2.45) is 7.05 Å². The summed E-state index contributed by atoms with van der Waals surface area (Å²) in [6.45, 7) is 2.28. The van der Waals surface area contributed by atoms with Crippen LogP contribution >= 0.6 is 0 Å². The second-order valence-corrected chi connectivity index (χ2v) is 6.73. The first-order chi connectivity index (χ1) is 10.8. The number of nitrogens with zero attached hydrogens (tertiary/aromatic N) is 2. The molecule has 1 heterocycles. The van der Waals surface area contributed by atoms with Gasteiger partial charge in [0.1, 0.15) is 5.82 Å². The van der Waals surface area contributed by atoms with E-state index < -0.39 is 10.4 Å². The minimum atomic E-state index is -4.67. The molecule has 0 saturated carbocycles. The molecule has 0 spiro atoms. The van der Waals surface area contributed by atoms with Crippen LogP contribution in [0, 0.1) is 0 Å². The molecule has 6 nitrogen and oxygen atoms in total. The van der Waals surface area contributed by atoms with Crippen LogP contribution in [0.3, 0.4) is 0 Å². The van der Waals surface area contributed by atoms with Crippen LogP contribution in [0.25, 0.3) is 0 Å². The van der Waals surface area contributed by atoms with Gasteiger partial charge in [-0.3, -0.25) is 9.11 Å². The number of imidazole rings is 1. The smallest absolute Gasteiger partial charge is 0.338 e. The summed E-state index contributed by atoms with van der Waals surface area (Å²) in [6, 6.07) is 0. The Bertz CT molecular complexity index is 478. The fraction of sp³-hybridized carbons (Fsp3) is 0.812. The summed E-state index contributed by atoms with van der Waals surface area (Å²) >= 11 is 0. The van der Waals surface area contributed by atoms with Gasteiger partial charge in [0, 0.05) is 25.9 Å². The molecule has 0 aliphatic carbocycles. The molecule has 0 radical (unpaired) electrons. The molecule has 1 aromatic rings. The van der Waals surface area contributed by atoms with E-state index in [-0.39, 0.29) is 0 Å². The van der Waals surface area contributed by atoms with Gasteiger partial charge in [-0.15, -0.1) is 0 Å². The van der Waals surface area contributed by atoms with Gasteiger partial charge in [0.15, 0.2) is 0 Å². The van der Waals surface area contributed by atoms with E-state index in [1.54, 1.807) is 0 Å². The molecule has 7 heteroatoms. The minimum absolute atomic E-state index is 1.14. The summed E-state index contributed by atoms with van der Waals surface area (Å²) in [5.74, 6) is 1.23. The van der Waals surface area contributed by atoms with Crippen LogP contribution in [0.2, 0.25) is 0 Å². The molecule has 1 aromatic heterocycles. The van der Waals surface area contributed by atoms with E-state index in [1.807, 2.05) is 12.4 Å². The molecule has 0 aliphatic heterocycles. The predicted molar refractivity (Wildman–Crippen MR) is 92.9 cm³/mol. The maximum Gasteiger partial charge on any atom is 0.394 e. The first-order valence-corrected chi connectivity index (χ1v) is 9.90. The molecular formula is C16H32N2O4S. The lowest BCUT2D eigenvalue weighted by molar-refractivity contribution is 0.381. The Hall–Kier alpha value is -0.920. The highest BCUT2D eigenvalue weighted by atomic mass is 32.3. The summed E-state index contributed by atoms with van der Waals surface area (Å²) in [5.41, 5.74) is 0. The van der Waals surface area contributed by atoms with E-state index >= 15 is 0 Å². The number of rotatable bonds is 11. The number of hydrogen-bond acceptors (Lipinski definition) is 3. The van der Waals surface area contributed by atoms with Gasteiger partial charge >= 0.3 is 10.4 Å². The van der Waals surface area contributed by atoms with Crippen molar-refractivity contribution in [2.45, 2.75) is 77.6 Å². The van der Waals surface area contributed by atoms with Crippen molar-refractivity contribution in [2.75, 3.05) is 0 Å². The molecule has 1 rings (SSSR count). The molecule has 0 unspecified atom stereocenters. The quantitative estimate of drug-likeness (QED) is 0.461. The van der Waals surface area contributed by atoms with E-state index in [2.05, 4.69) is 23.5 Å². The van der Waals surface area contributed by atoms with Crippen LogP contribution in [0.4, 0.5) is 0 Å².